The maximum absolute atomic E-state index is 12.3. The highest BCUT2D eigenvalue weighted by atomic mass is 32.2. The van der Waals surface area contributed by atoms with Crippen molar-refractivity contribution in [2.45, 2.75) is 17.6 Å². The van der Waals surface area contributed by atoms with Crippen molar-refractivity contribution in [1.29, 1.82) is 5.26 Å². The number of carboxylic acids is 1. The first-order chi connectivity index (χ1) is 10.0. The summed E-state index contributed by atoms with van der Waals surface area (Å²) in [7, 11) is -1.38. The van der Waals surface area contributed by atoms with Gasteiger partial charge in [0.15, 0.2) is 0 Å². The van der Waals surface area contributed by atoms with Crippen molar-refractivity contribution in [1.82, 2.24) is 4.98 Å². The Morgan fingerprint density at radius 3 is 2.81 bits per heavy atom. The first kappa shape index (κ1) is 14.9. The van der Waals surface area contributed by atoms with Gasteiger partial charge in [0, 0.05) is 11.1 Å². The van der Waals surface area contributed by atoms with Crippen LogP contribution in [0.5, 0.6) is 0 Å². The smallest absolute Gasteiger partial charge is 0.335 e. The van der Waals surface area contributed by atoms with E-state index in [1.807, 2.05) is 6.07 Å². The average molecular weight is 300 g/mol. The van der Waals surface area contributed by atoms with E-state index in [9.17, 15) is 9.00 Å². The van der Waals surface area contributed by atoms with Gasteiger partial charge >= 0.3 is 5.97 Å². The topological polar surface area (TPSA) is 91.0 Å². The average Bonchev–Trinajstić information content (AvgIpc) is 2.47. The predicted molar refractivity (Wildman–Crippen MR) is 77.2 cm³/mol. The Morgan fingerprint density at radius 1 is 1.38 bits per heavy atom. The number of benzene rings is 1. The molecule has 1 N–H and O–H groups in total. The molecule has 0 fully saturated rings. The van der Waals surface area contributed by atoms with Gasteiger partial charge in [-0.05, 0) is 42.3 Å². The number of carbonyl (C=O) groups is 1. The van der Waals surface area contributed by atoms with Crippen LogP contribution < -0.4 is 0 Å². The summed E-state index contributed by atoms with van der Waals surface area (Å²) in [6, 6.07) is 9.91. The molecule has 0 saturated heterocycles. The van der Waals surface area contributed by atoms with Gasteiger partial charge in [-0.3, -0.25) is 4.21 Å². The highest BCUT2D eigenvalue weighted by Crippen LogP contribution is 2.17. The second-order valence-electron chi connectivity index (χ2n) is 4.43. The van der Waals surface area contributed by atoms with Crippen molar-refractivity contribution >= 4 is 16.8 Å². The maximum atomic E-state index is 12.3. The molecular formula is C15H12N2O3S. The SMILES string of the molecule is Cc1ccc(S(=O)Cc2ccnc(C#N)c2)cc1C(=O)O. The molecule has 1 heterocycles. The van der Waals surface area contributed by atoms with Crippen LogP contribution in [0.2, 0.25) is 0 Å². The fraction of sp³-hybridized carbons (Fsp3) is 0.133. The number of nitrogens with zero attached hydrogens (tertiary/aromatic N) is 2. The van der Waals surface area contributed by atoms with E-state index in [4.69, 9.17) is 10.4 Å². The number of pyridine rings is 1. The van der Waals surface area contributed by atoms with E-state index in [-0.39, 0.29) is 17.0 Å². The van der Waals surface area contributed by atoms with Gasteiger partial charge in [-0.25, -0.2) is 9.78 Å². The van der Waals surface area contributed by atoms with Gasteiger partial charge in [0.1, 0.15) is 11.8 Å². The summed E-state index contributed by atoms with van der Waals surface area (Å²) in [5, 5.41) is 17.9. The monoisotopic (exact) mass is 300 g/mol. The molecule has 2 rings (SSSR count). The van der Waals surface area contributed by atoms with Crippen LogP contribution in [0.15, 0.2) is 41.4 Å². The van der Waals surface area contributed by atoms with Crippen LogP contribution in [0.25, 0.3) is 0 Å². The molecule has 1 aromatic heterocycles. The number of aromatic carboxylic acids is 1. The van der Waals surface area contributed by atoms with Gasteiger partial charge in [0.05, 0.1) is 22.1 Å². The quantitative estimate of drug-likeness (QED) is 0.935. The Labute approximate surface area is 124 Å². The number of nitriles is 1. The third-order valence-corrected chi connectivity index (χ3v) is 4.31. The minimum absolute atomic E-state index is 0.147. The number of hydrogen-bond acceptors (Lipinski definition) is 4. The Bertz CT molecular complexity index is 766. The van der Waals surface area contributed by atoms with E-state index in [1.165, 1.54) is 12.3 Å². The number of aromatic nitrogens is 1. The molecule has 0 saturated carbocycles. The normalized spacial score (nSPS) is 11.6. The van der Waals surface area contributed by atoms with E-state index >= 15 is 0 Å². The van der Waals surface area contributed by atoms with E-state index < -0.39 is 16.8 Å². The van der Waals surface area contributed by atoms with E-state index in [0.717, 1.165) is 5.56 Å². The lowest BCUT2D eigenvalue weighted by atomic mass is 10.1. The second kappa shape index (κ2) is 6.29. The molecule has 0 spiro atoms. The lowest BCUT2D eigenvalue weighted by molar-refractivity contribution is 0.0696. The summed E-state index contributed by atoms with van der Waals surface area (Å²) in [5.74, 6) is -0.832. The summed E-state index contributed by atoms with van der Waals surface area (Å²) in [6.45, 7) is 1.69. The fourth-order valence-corrected chi connectivity index (χ4v) is 2.95. The molecule has 0 radical (unpaired) electrons. The third kappa shape index (κ3) is 3.52. The Morgan fingerprint density at radius 2 is 2.14 bits per heavy atom. The molecule has 0 aliphatic carbocycles. The van der Waals surface area contributed by atoms with Crippen LogP contribution in [0.1, 0.15) is 27.2 Å². The van der Waals surface area contributed by atoms with Crippen LogP contribution in [-0.4, -0.2) is 20.3 Å². The van der Waals surface area contributed by atoms with Crippen LogP contribution in [0, 0.1) is 18.3 Å². The van der Waals surface area contributed by atoms with Crippen molar-refractivity contribution in [2.75, 3.05) is 0 Å². The van der Waals surface area contributed by atoms with Gasteiger partial charge < -0.3 is 5.11 Å². The first-order valence-corrected chi connectivity index (χ1v) is 7.40. The molecule has 5 nitrogen and oxygen atoms in total. The molecule has 1 unspecified atom stereocenters. The Hall–Kier alpha value is -2.52. The summed E-state index contributed by atoms with van der Waals surface area (Å²) in [6.07, 6.45) is 1.49. The summed E-state index contributed by atoms with van der Waals surface area (Å²) in [5.41, 5.74) is 1.75. The van der Waals surface area contributed by atoms with Crippen molar-refractivity contribution in [3.05, 3.63) is 58.9 Å². The van der Waals surface area contributed by atoms with E-state index in [1.54, 1.807) is 31.2 Å². The van der Waals surface area contributed by atoms with Crippen molar-refractivity contribution in [3.8, 4) is 6.07 Å². The molecular weight excluding hydrogens is 288 g/mol. The largest absolute Gasteiger partial charge is 0.478 e. The highest BCUT2D eigenvalue weighted by Gasteiger charge is 2.12. The van der Waals surface area contributed by atoms with Crippen LogP contribution in [-0.2, 0) is 16.6 Å². The minimum Gasteiger partial charge on any atom is -0.478 e. The highest BCUT2D eigenvalue weighted by molar-refractivity contribution is 7.84. The zero-order chi connectivity index (χ0) is 15.4. The van der Waals surface area contributed by atoms with Crippen molar-refractivity contribution in [3.63, 3.8) is 0 Å². The standard InChI is InChI=1S/C15H12N2O3S/c1-10-2-3-13(7-14(10)15(18)19)21(20)9-11-4-5-17-12(6-11)8-16/h2-7H,9H2,1H3,(H,18,19). The van der Waals surface area contributed by atoms with Crippen molar-refractivity contribution in [2.24, 2.45) is 0 Å². The Balaban J connectivity index is 2.26. The zero-order valence-electron chi connectivity index (χ0n) is 11.2. The maximum Gasteiger partial charge on any atom is 0.335 e. The van der Waals surface area contributed by atoms with Gasteiger partial charge in [-0.1, -0.05) is 6.07 Å². The van der Waals surface area contributed by atoms with Crippen LogP contribution >= 0.6 is 0 Å². The first-order valence-electron chi connectivity index (χ1n) is 6.08. The number of hydrogen-bond donors (Lipinski definition) is 1. The molecule has 0 aliphatic heterocycles. The van der Waals surface area contributed by atoms with Crippen LogP contribution in [0.3, 0.4) is 0 Å². The fourth-order valence-electron chi connectivity index (χ4n) is 1.83. The number of aryl methyl sites for hydroxylation is 1. The molecule has 6 heteroatoms. The molecule has 0 aliphatic rings. The second-order valence-corrected chi connectivity index (χ2v) is 5.88. The third-order valence-electron chi connectivity index (χ3n) is 2.94. The van der Waals surface area contributed by atoms with Crippen LogP contribution in [0.4, 0.5) is 0 Å². The molecule has 1 aromatic carbocycles. The van der Waals surface area contributed by atoms with E-state index in [0.29, 0.717) is 10.5 Å². The summed E-state index contributed by atoms with van der Waals surface area (Å²) < 4.78 is 12.3. The lowest BCUT2D eigenvalue weighted by Crippen LogP contribution is -2.03. The summed E-state index contributed by atoms with van der Waals surface area (Å²) >= 11 is 0. The molecule has 21 heavy (non-hydrogen) atoms. The number of rotatable bonds is 4. The number of carboxylic acid groups (broad SMARTS) is 1. The molecule has 0 amide bonds. The lowest BCUT2D eigenvalue weighted by Gasteiger charge is -2.06. The van der Waals surface area contributed by atoms with Gasteiger partial charge in [-0.15, -0.1) is 0 Å². The minimum atomic E-state index is -1.38. The van der Waals surface area contributed by atoms with E-state index in [2.05, 4.69) is 4.98 Å². The molecule has 0 bridgehead atoms. The molecule has 106 valence electrons. The van der Waals surface area contributed by atoms with Crippen molar-refractivity contribution < 1.29 is 14.1 Å². The molecule has 1 atom stereocenters. The predicted octanol–water partition coefficient (Wildman–Crippen LogP) is 2.27. The van der Waals surface area contributed by atoms with Gasteiger partial charge in [-0.2, -0.15) is 5.26 Å². The zero-order valence-corrected chi connectivity index (χ0v) is 12.1. The molecule has 2 aromatic rings. The summed E-state index contributed by atoms with van der Waals surface area (Å²) in [4.78, 5) is 15.4. The Kier molecular flexibility index (Phi) is 4.45. The van der Waals surface area contributed by atoms with Gasteiger partial charge in [0.2, 0.25) is 0 Å². The van der Waals surface area contributed by atoms with Gasteiger partial charge in [0.25, 0.3) is 0 Å².